The summed E-state index contributed by atoms with van der Waals surface area (Å²) in [4.78, 5) is 48.3. The highest BCUT2D eigenvalue weighted by Gasteiger charge is 2.21. The highest BCUT2D eigenvalue weighted by molar-refractivity contribution is 5.94. The predicted octanol–water partition coefficient (Wildman–Crippen LogP) is 2.37. The van der Waals surface area contributed by atoms with Gasteiger partial charge in [0.2, 0.25) is 0 Å². The van der Waals surface area contributed by atoms with E-state index in [9.17, 15) is 14.4 Å². The number of carbonyl (C=O) groups is 2. The molecule has 0 spiro atoms. The van der Waals surface area contributed by atoms with Gasteiger partial charge in [-0.3, -0.25) is 14.0 Å². The van der Waals surface area contributed by atoms with E-state index in [1.54, 1.807) is 62.5 Å². The van der Waals surface area contributed by atoms with Gasteiger partial charge < -0.3 is 18.8 Å². The molecule has 0 saturated heterocycles. The number of carbonyl (C=O) groups excluding carboxylic acids is 2. The molecule has 4 aromatic rings. The van der Waals surface area contributed by atoms with Crippen LogP contribution in [0.4, 0.5) is 0 Å². The first-order chi connectivity index (χ1) is 17.4. The van der Waals surface area contributed by atoms with E-state index in [4.69, 9.17) is 14.2 Å². The quantitative estimate of drug-likeness (QED) is 0.275. The van der Waals surface area contributed by atoms with Crippen LogP contribution in [0, 0.1) is 0 Å². The molecule has 10 nitrogen and oxygen atoms in total. The number of methoxy groups -OCH3 is 1. The zero-order valence-electron chi connectivity index (χ0n) is 20.2. The van der Waals surface area contributed by atoms with Gasteiger partial charge in [0.25, 0.3) is 11.5 Å². The number of nitrogens with zero attached hydrogens (tertiary/aromatic N) is 4. The third-order valence-corrected chi connectivity index (χ3v) is 5.42. The molecule has 0 aliphatic rings. The van der Waals surface area contributed by atoms with E-state index >= 15 is 0 Å². The van der Waals surface area contributed by atoms with E-state index in [1.165, 1.54) is 22.1 Å². The number of esters is 1. The van der Waals surface area contributed by atoms with Crippen molar-refractivity contribution in [2.45, 2.75) is 26.5 Å². The molecule has 3 aromatic heterocycles. The molecule has 4 rings (SSSR count). The summed E-state index contributed by atoms with van der Waals surface area (Å²) in [5.41, 5.74) is 0.280. The Morgan fingerprint density at radius 3 is 2.58 bits per heavy atom. The summed E-state index contributed by atoms with van der Waals surface area (Å²) < 4.78 is 19.1. The Kier molecular flexibility index (Phi) is 7.55. The third-order valence-electron chi connectivity index (χ3n) is 5.42. The van der Waals surface area contributed by atoms with Crippen LogP contribution in [-0.2, 0) is 20.8 Å². The Morgan fingerprint density at radius 1 is 1.11 bits per heavy atom. The maximum Gasteiger partial charge on any atom is 0.341 e. The fourth-order valence-corrected chi connectivity index (χ4v) is 3.70. The Balaban J connectivity index is 1.97. The number of amides is 1. The summed E-state index contributed by atoms with van der Waals surface area (Å²) in [6, 6.07) is 15.4. The van der Waals surface area contributed by atoms with Crippen molar-refractivity contribution in [1.29, 1.82) is 0 Å². The van der Waals surface area contributed by atoms with Gasteiger partial charge in [-0.15, -0.1) is 0 Å². The monoisotopic (exact) mass is 490 g/mol. The van der Waals surface area contributed by atoms with Crippen LogP contribution in [-0.4, -0.2) is 52.3 Å². The second-order valence-corrected chi connectivity index (χ2v) is 7.85. The van der Waals surface area contributed by atoms with Gasteiger partial charge in [0.15, 0.2) is 11.6 Å². The van der Waals surface area contributed by atoms with Crippen molar-refractivity contribution >= 4 is 28.6 Å². The summed E-state index contributed by atoms with van der Waals surface area (Å²) in [6.45, 7) is 3.73. The van der Waals surface area contributed by atoms with Crippen molar-refractivity contribution in [2.24, 2.45) is 4.99 Å². The first-order valence-corrected chi connectivity index (χ1v) is 11.5. The first kappa shape index (κ1) is 24.8. The second-order valence-electron chi connectivity index (χ2n) is 7.85. The minimum Gasteiger partial charge on any atom is -0.481 e. The number of hydrogen-bond donors (Lipinski definition) is 0. The van der Waals surface area contributed by atoms with Crippen molar-refractivity contribution in [3.05, 3.63) is 82.2 Å². The van der Waals surface area contributed by atoms with Crippen LogP contribution in [0.5, 0.6) is 5.75 Å². The lowest BCUT2D eigenvalue weighted by molar-refractivity contribution is -0.124. The van der Waals surface area contributed by atoms with E-state index in [2.05, 4.69) is 9.98 Å². The van der Waals surface area contributed by atoms with Gasteiger partial charge in [-0.25, -0.2) is 9.78 Å². The minimum absolute atomic E-state index is 0.0127. The molecule has 0 saturated carbocycles. The van der Waals surface area contributed by atoms with Crippen molar-refractivity contribution < 1.29 is 23.8 Å². The van der Waals surface area contributed by atoms with Crippen LogP contribution in [0.2, 0.25) is 0 Å². The largest absolute Gasteiger partial charge is 0.481 e. The highest BCUT2D eigenvalue weighted by atomic mass is 16.5. The van der Waals surface area contributed by atoms with Crippen LogP contribution in [0.25, 0.3) is 16.7 Å². The highest BCUT2D eigenvalue weighted by Crippen LogP contribution is 2.13. The topological polar surface area (TPSA) is 113 Å². The van der Waals surface area contributed by atoms with Gasteiger partial charge in [-0.2, -0.15) is 4.99 Å². The van der Waals surface area contributed by atoms with Crippen molar-refractivity contribution in [3.8, 4) is 5.75 Å². The molecule has 0 bridgehead atoms. The number of ether oxygens (including phenoxy) is 3. The Labute approximate surface area is 206 Å². The van der Waals surface area contributed by atoms with Crippen molar-refractivity contribution in [1.82, 2.24) is 14.0 Å². The van der Waals surface area contributed by atoms with Gasteiger partial charge in [0, 0.05) is 19.9 Å². The van der Waals surface area contributed by atoms with E-state index in [-0.39, 0.29) is 47.4 Å². The molecule has 36 heavy (non-hydrogen) atoms. The average Bonchev–Trinajstić information content (AvgIpc) is 2.88. The van der Waals surface area contributed by atoms with E-state index in [0.29, 0.717) is 11.4 Å². The summed E-state index contributed by atoms with van der Waals surface area (Å²) in [6.07, 6.45) is 0.655. The standard InChI is InChI=1S/C26H26N4O6/c1-4-35-26(33)20-16-19-22(27-21-12-8-9-13-29(21)25(19)32)30(14-15-34-3)23(20)28-24(31)17(2)36-18-10-6-5-7-11-18/h5-13,16-17H,4,14-15H2,1-3H3/t17-/m0/s1. The molecule has 10 heteroatoms. The molecule has 1 aromatic carbocycles. The number of benzene rings is 1. The molecular formula is C26H26N4O6. The molecule has 1 amide bonds. The summed E-state index contributed by atoms with van der Waals surface area (Å²) in [5.74, 6) is -0.829. The van der Waals surface area contributed by atoms with Gasteiger partial charge >= 0.3 is 5.97 Å². The molecule has 0 radical (unpaired) electrons. The van der Waals surface area contributed by atoms with Crippen LogP contribution in [0.15, 0.2) is 70.6 Å². The number of aromatic nitrogens is 3. The Morgan fingerprint density at radius 2 is 1.86 bits per heavy atom. The molecule has 0 N–H and O–H groups in total. The molecule has 0 unspecified atom stereocenters. The molecule has 0 aliphatic carbocycles. The molecule has 3 heterocycles. The summed E-state index contributed by atoms with van der Waals surface area (Å²) in [5, 5.41) is 0.179. The van der Waals surface area contributed by atoms with E-state index < -0.39 is 18.0 Å². The van der Waals surface area contributed by atoms with Crippen molar-refractivity contribution in [3.63, 3.8) is 0 Å². The zero-order chi connectivity index (χ0) is 25.7. The van der Waals surface area contributed by atoms with Gasteiger partial charge in [-0.05, 0) is 44.2 Å². The van der Waals surface area contributed by atoms with Gasteiger partial charge in [-0.1, -0.05) is 24.3 Å². The van der Waals surface area contributed by atoms with E-state index in [0.717, 1.165) is 0 Å². The minimum atomic E-state index is -0.941. The van der Waals surface area contributed by atoms with Gasteiger partial charge in [0.05, 0.1) is 18.6 Å². The lowest BCUT2D eigenvalue weighted by Crippen LogP contribution is -2.35. The van der Waals surface area contributed by atoms with Crippen LogP contribution in [0.1, 0.15) is 24.2 Å². The Bertz CT molecular complexity index is 1540. The number of pyridine rings is 2. The van der Waals surface area contributed by atoms with E-state index in [1.807, 2.05) is 6.07 Å². The SMILES string of the molecule is CCOC(=O)c1cc2c(=O)n3ccccc3nc2n(CCOC)c1=NC(=O)[C@H](C)Oc1ccccc1. The fourth-order valence-electron chi connectivity index (χ4n) is 3.70. The lowest BCUT2D eigenvalue weighted by Gasteiger charge is -2.16. The van der Waals surface area contributed by atoms with Crippen molar-refractivity contribution in [2.75, 3.05) is 20.3 Å². The molecular weight excluding hydrogens is 464 g/mol. The van der Waals surface area contributed by atoms with Crippen LogP contribution in [0.3, 0.4) is 0 Å². The predicted molar refractivity (Wildman–Crippen MR) is 132 cm³/mol. The third kappa shape index (κ3) is 5.03. The van der Waals surface area contributed by atoms with Crippen LogP contribution < -0.4 is 15.8 Å². The maximum absolute atomic E-state index is 13.3. The maximum atomic E-state index is 13.3. The summed E-state index contributed by atoms with van der Waals surface area (Å²) >= 11 is 0. The molecule has 0 aliphatic heterocycles. The zero-order valence-corrected chi connectivity index (χ0v) is 20.2. The number of rotatable bonds is 8. The number of hydrogen-bond acceptors (Lipinski definition) is 7. The molecule has 186 valence electrons. The number of para-hydroxylation sites is 1. The summed E-state index contributed by atoms with van der Waals surface area (Å²) in [7, 11) is 1.52. The molecule has 0 fully saturated rings. The Hall–Kier alpha value is -4.31. The second kappa shape index (κ2) is 11.0. The fraction of sp³-hybridized carbons (Fsp3) is 0.269. The molecule has 1 atom stereocenters. The smallest absolute Gasteiger partial charge is 0.341 e. The first-order valence-electron chi connectivity index (χ1n) is 11.5. The van der Waals surface area contributed by atoms with Gasteiger partial charge in [0.1, 0.15) is 22.6 Å². The lowest BCUT2D eigenvalue weighted by atomic mass is 10.2. The number of fused-ring (bicyclic) bond motifs is 2. The normalized spacial score (nSPS) is 12.6. The van der Waals surface area contributed by atoms with Crippen LogP contribution >= 0.6 is 0 Å². The average molecular weight is 491 g/mol.